The average Bonchev–Trinajstić information content (AvgIpc) is 2.61. The van der Waals surface area contributed by atoms with Crippen molar-refractivity contribution in [1.82, 2.24) is 14.9 Å². The minimum Gasteiger partial charge on any atom is -0.357 e. The SMILES string of the molecule is CCNC(=NCCc1cccc(C)c1)NC1CCN(S(=O)(=O)C(F)(F)F)CC1. The van der Waals surface area contributed by atoms with Crippen LogP contribution in [0.3, 0.4) is 0 Å². The van der Waals surface area contributed by atoms with Gasteiger partial charge in [-0.1, -0.05) is 29.8 Å². The molecule has 1 aliphatic rings. The molecule has 0 atom stereocenters. The minimum atomic E-state index is -5.25. The van der Waals surface area contributed by atoms with Gasteiger partial charge >= 0.3 is 15.5 Å². The first kappa shape index (κ1) is 22.5. The lowest BCUT2D eigenvalue weighted by atomic mass is 10.1. The summed E-state index contributed by atoms with van der Waals surface area (Å²) in [5.41, 5.74) is -2.88. The Labute approximate surface area is 164 Å². The number of hydrogen-bond donors (Lipinski definition) is 2. The van der Waals surface area contributed by atoms with Crippen molar-refractivity contribution in [2.45, 2.75) is 44.7 Å². The van der Waals surface area contributed by atoms with Gasteiger partial charge in [0.25, 0.3) is 0 Å². The van der Waals surface area contributed by atoms with E-state index in [0.29, 0.717) is 23.4 Å². The quantitative estimate of drug-likeness (QED) is 0.548. The third-order valence-corrected chi connectivity index (χ3v) is 6.15. The molecule has 0 radical (unpaired) electrons. The van der Waals surface area contributed by atoms with Crippen LogP contribution < -0.4 is 10.6 Å². The second-order valence-electron chi connectivity index (χ2n) is 6.77. The van der Waals surface area contributed by atoms with Crippen molar-refractivity contribution in [3.8, 4) is 0 Å². The number of rotatable bonds is 6. The van der Waals surface area contributed by atoms with Crippen molar-refractivity contribution < 1.29 is 21.6 Å². The van der Waals surface area contributed by atoms with E-state index in [9.17, 15) is 21.6 Å². The first-order valence-corrected chi connectivity index (χ1v) is 10.7. The Bertz CT molecular complexity index is 773. The van der Waals surface area contributed by atoms with E-state index in [1.807, 2.05) is 32.0 Å². The summed E-state index contributed by atoms with van der Waals surface area (Å²) in [6, 6.07) is 8.05. The highest BCUT2D eigenvalue weighted by Crippen LogP contribution is 2.28. The molecule has 0 saturated carbocycles. The molecule has 6 nitrogen and oxygen atoms in total. The summed E-state index contributed by atoms with van der Waals surface area (Å²) in [5.74, 6) is 0.590. The fraction of sp³-hybridized carbons (Fsp3) is 0.611. The third-order valence-electron chi connectivity index (χ3n) is 4.52. The van der Waals surface area contributed by atoms with Crippen molar-refractivity contribution >= 4 is 16.0 Å². The second-order valence-corrected chi connectivity index (χ2v) is 8.70. The van der Waals surface area contributed by atoms with E-state index in [1.54, 1.807) is 0 Å². The molecule has 0 aliphatic carbocycles. The predicted molar refractivity (Wildman–Crippen MR) is 104 cm³/mol. The van der Waals surface area contributed by atoms with Gasteiger partial charge in [-0.2, -0.15) is 17.5 Å². The molecule has 0 aromatic heterocycles. The maximum atomic E-state index is 12.7. The number of piperidine rings is 1. The molecular weight excluding hydrogens is 393 g/mol. The molecule has 1 aliphatic heterocycles. The first-order valence-electron chi connectivity index (χ1n) is 9.30. The number of sulfonamides is 1. The van der Waals surface area contributed by atoms with Gasteiger partial charge in [0.15, 0.2) is 5.96 Å². The Hall–Kier alpha value is -1.81. The fourth-order valence-corrected chi connectivity index (χ4v) is 4.05. The van der Waals surface area contributed by atoms with Gasteiger partial charge in [0, 0.05) is 32.2 Å². The molecule has 0 unspecified atom stereocenters. The van der Waals surface area contributed by atoms with E-state index in [1.165, 1.54) is 11.1 Å². The molecule has 0 amide bonds. The Morgan fingerprint density at radius 2 is 1.96 bits per heavy atom. The van der Waals surface area contributed by atoms with Crippen molar-refractivity contribution in [3.63, 3.8) is 0 Å². The zero-order valence-corrected chi connectivity index (χ0v) is 16.9. The van der Waals surface area contributed by atoms with E-state index in [4.69, 9.17) is 0 Å². The topological polar surface area (TPSA) is 73.8 Å². The normalized spacial score (nSPS) is 17.5. The maximum Gasteiger partial charge on any atom is 0.511 e. The minimum absolute atomic E-state index is 0.128. The third kappa shape index (κ3) is 6.10. The number of nitrogens with zero attached hydrogens (tertiary/aromatic N) is 2. The molecule has 0 spiro atoms. The summed E-state index contributed by atoms with van der Waals surface area (Å²) >= 11 is 0. The maximum absolute atomic E-state index is 12.7. The van der Waals surface area contributed by atoms with Crippen LogP contribution in [-0.4, -0.2) is 56.4 Å². The first-order chi connectivity index (χ1) is 13.1. The standard InChI is InChI=1S/C18H27F3N4O2S/c1-3-22-17(23-10-7-15-6-4-5-14(2)13-15)24-16-8-11-25(12-9-16)28(26,27)18(19,20)21/h4-6,13,16H,3,7-12H2,1-2H3,(H2,22,23,24). The lowest BCUT2D eigenvalue weighted by Crippen LogP contribution is -2.51. The molecule has 10 heteroatoms. The number of benzene rings is 1. The number of alkyl halides is 3. The molecule has 1 heterocycles. The molecule has 2 N–H and O–H groups in total. The lowest BCUT2D eigenvalue weighted by Gasteiger charge is -2.32. The number of nitrogens with one attached hydrogen (secondary N) is 2. The summed E-state index contributed by atoms with van der Waals surface area (Å²) in [5, 5.41) is 6.32. The smallest absolute Gasteiger partial charge is 0.357 e. The summed E-state index contributed by atoms with van der Waals surface area (Å²) in [6.45, 7) is 4.85. The van der Waals surface area contributed by atoms with Gasteiger partial charge in [0.05, 0.1) is 0 Å². The highest BCUT2D eigenvalue weighted by Gasteiger charge is 2.50. The van der Waals surface area contributed by atoms with Crippen LogP contribution in [-0.2, 0) is 16.4 Å². The number of aryl methyl sites for hydroxylation is 1. The van der Waals surface area contributed by atoms with Gasteiger partial charge in [0.2, 0.25) is 0 Å². The monoisotopic (exact) mass is 420 g/mol. The molecular formula is C18H27F3N4O2S. The van der Waals surface area contributed by atoms with Crippen LogP contribution in [0.5, 0.6) is 0 Å². The van der Waals surface area contributed by atoms with E-state index in [2.05, 4.69) is 21.7 Å². The highest BCUT2D eigenvalue weighted by molar-refractivity contribution is 7.90. The molecule has 1 fully saturated rings. The van der Waals surface area contributed by atoms with Crippen LogP contribution in [0.15, 0.2) is 29.3 Å². The Morgan fingerprint density at radius 1 is 1.29 bits per heavy atom. The number of aliphatic imine (C=N–C) groups is 1. The second kappa shape index (κ2) is 9.60. The molecule has 0 bridgehead atoms. The van der Waals surface area contributed by atoms with Gasteiger partial charge in [-0.3, -0.25) is 4.99 Å². The van der Waals surface area contributed by atoms with E-state index < -0.39 is 15.5 Å². The van der Waals surface area contributed by atoms with Crippen LogP contribution in [0.1, 0.15) is 30.9 Å². The van der Waals surface area contributed by atoms with Crippen molar-refractivity contribution in [2.75, 3.05) is 26.2 Å². The van der Waals surface area contributed by atoms with Gasteiger partial charge in [-0.05, 0) is 38.7 Å². The molecule has 1 aromatic carbocycles. The van der Waals surface area contributed by atoms with Crippen LogP contribution in [0.25, 0.3) is 0 Å². The zero-order chi connectivity index (χ0) is 20.8. The predicted octanol–water partition coefficient (Wildman–Crippen LogP) is 2.41. The Balaban J connectivity index is 1.89. The molecule has 1 aromatic rings. The van der Waals surface area contributed by atoms with Crippen LogP contribution in [0.4, 0.5) is 13.2 Å². The largest absolute Gasteiger partial charge is 0.511 e. The van der Waals surface area contributed by atoms with Gasteiger partial charge in [0.1, 0.15) is 0 Å². The molecule has 28 heavy (non-hydrogen) atoms. The highest BCUT2D eigenvalue weighted by atomic mass is 32.2. The number of hydrogen-bond acceptors (Lipinski definition) is 3. The summed E-state index contributed by atoms with van der Waals surface area (Å²) in [4.78, 5) is 4.52. The Morgan fingerprint density at radius 3 is 2.54 bits per heavy atom. The molecule has 158 valence electrons. The van der Waals surface area contributed by atoms with Crippen LogP contribution in [0.2, 0.25) is 0 Å². The summed E-state index contributed by atoms with van der Waals surface area (Å²) in [6.07, 6.45) is 1.36. The van der Waals surface area contributed by atoms with Crippen LogP contribution >= 0.6 is 0 Å². The molecule has 1 saturated heterocycles. The summed E-state index contributed by atoms with van der Waals surface area (Å²) < 4.78 is 61.4. The zero-order valence-electron chi connectivity index (χ0n) is 16.1. The van der Waals surface area contributed by atoms with Crippen molar-refractivity contribution in [3.05, 3.63) is 35.4 Å². The molecule has 2 rings (SSSR count). The summed E-state index contributed by atoms with van der Waals surface area (Å²) in [7, 11) is -5.25. The fourth-order valence-electron chi connectivity index (χ4n) is 3.06. The van der Waals surface area contributed by atoms with Gasteiger partial charge < -0.3 is 10.6 Å². The van der Waals surface area contributed by atoms with Gasteiger partial charge in [-0.15, -0.1) is 0 Å². The van der Waals surface area contributed by atoms with Crippen LogP contribution in [0, 0.1) is 6.92 Å². The lowest BCUT2D eigenvalue weighted by molar-refractivity contribution is -0.0494. The van der Waals surface area contributed by atoms with E-state index in [0.717, 1.165) is 6.42 Å². The van der Waals surface area contributed by atoms with E-state index in [-0.39, 0.29) is 32.0 Å². The number of guanidine groups is 1. The van der Waals surface area contributed by atoms with Crippen molar-refractivity contribution in [1.29, 1.82) is 0 Å². The Kier molecular flexibility index (Phi) is 7.70. The van der Waals surface area contributed by atoms with Crippen molar-refractivity contribution in [2.24, 2.45) is 4.99 Å². The van der Waals surface area contributed by atoms with E-state index >= 15 is 0 Å². The average molecular weight is 421 g/mol. The number of halogens is 3. The van der Waals surface area contributed by atoms with Gasteiger partial charge in [-0.25, -0.2) is 8.42 Å².